The van der Waals surface area contributed by atoms with E-state index in [2.05, 4.69) is 11.9 Å². The number of rotatable bonds is 6. The van der Waals surface area contributed by atoms with Crippen LogP contribution in [0.2, 0.25) is 0 Å². The van der Waals surface area contributed by atoms with Gasteiger partial charge in [0.05, 0.1) is 13.3 Å². The van der Waals surface area contributed by atoms with Crippen LogP contribution in [-0.4, -0.2) is 17.9 Å². The van der Waals surface area contributed by atoms with Crippen molar-refractivity contribution in [3.63, 3.8) is 0 Å². The largest absolute Gasteiger partial charge is 0.495 e. The third kappa shape index (κ3) is 3.70. The van der Waals surface area contributed by atoms with Crippen LogP contribution in [0.5, 0.6) is 5.75 Å². The number of ketones is 1. The van der Waals surface area contributed by atoms with Crippen LogP contribution in [0.3, 0.4) is 0 Å². The van der Waals surface area contributed by atoms with Crippen molar-refractivity contribution in [2.45, 2.75) is 32.6 Å². The molecule has 3 nitrogen and oxygen atoms in total. The second-order valence-corrected chi connectivity index (χ2v) is 3.49. The van der Waals surface area contributed by atoms with Crippen LogP contribution in [0, 0.1) is 0 Å². The minimum Gasteiger partial charge on any atom is -0.495 e. The number of carbonyl (C=O) groups excluding carboxylic acids is 1. The molecule has 0 amide bonds. The fraction of sp³-hybridized carbons (Fsp3) is 0.500. The van der Waals surface area contributed by atoms with Gasteiger partial charge >= 0.3 is 0 Å². The van der Waals surface area contributed by atoms with Crippen LogP contribution >= 0.6 is 0 Å². The molecule has 0 aliphatic rings. The Morgan fingerprint density at radius 3 is 2.87 bits per heavy atom. The lowest BCUT2D eigenvalue weighted by molar-refractivity contribution is 0.0978. The molecule has 0 atom stereocenters. The molecule has 0 N–H and O–H groups in total. The molecule has 1 heterocycles. The average Bonchev–Trinajstić information content (AvgIpc) is 2.29. The molecule has 0 radical (unpaired) electrons. The monoisotopic (exact) mass is 207 g/mol. The fourth-order valence-electron chi connectivity index (χ4n) is 1.36. The normalized spacial score (nSPS) is 10.0. The number of hydrogen-bond donors (Lipinski definition) is 0. The number of nitrogens with zero attached hydrogens (tertiary/aromatic N) is 1. The number of hydrogen-bond acceptors (Lipinski definition) is 3. The first-order valence-corrected chi connectivity index (χ1v) is 5.30. The predicted molar refractivity (Wildman–Crippen MR) is 59.3 cm³/mol. The van der Waals surface area contributed by atoms with Gasteiger partial charge in [0.25, 0.3) is 0 Å². The molecule has 0 unspecified atom stereocenters. The molecule has 0 spiro atoms. The first-order valence-electron chi connectivity index (χ1n) is 5.30. The van der Waals surface area contributed by atoms with Crippen LogP contribution in [0.1, 0.15) is 43.0 Å². The van der Waals surface area contributed by atoms with Gasteiger partial charge < -0.3 is 4.74 Å². The Kier molecular flexibility index (Phi) is 4.81. The van der Waals surface area contributed by atoms with Crippen molar-refractivity contribution in [1.82, 2.24) is 4.98 Å². The second kappa shape index (κ2) is 6.17. The summed E-state index contributed by atoms with van der Waals surface area (Å²) in [6.45, 7) is 2.12. The third-order valence-corrected chi connectivity index (χ3v) is 2.28. The lowest BCUT2D eigenvalue weighted by atomic mass is 10.1. The quantitative estimate of drug-likeness (QED) is 0.532. The highest BCUT2D eigenvalue weighted by Gasteiger charge is 2.06. The van der Waals surface area contributed by atoms with Crippen molar-refractivity contribution in [1.29, 1.82) is 0 Å². The number of aromatic nitrogens is 1. The van der Waals surface area contributed by atoms with Gasteiger partial charge in [-0.3, -0.25) is 9.78 Å². The van der Waals surface area contributed by atoms with Gasteiger partial charge in [0.1, 0.15) is 5.75 Å². The first-order chi connectivity index (χ1) is 7.27. The van der Waals surface area contributed by atoms with Crippen molar-refractivity contribution < 1.29 is 9.53 Å². The zero-order valence-electron chi connectivity index (χ0n) is 9.32. The maximum absolute atomic E-state index is 11.7. The number of pyridine rings is 1. The Hall–Kier alpha value is -1.38. The molecule has 0 aliphatic carbocycles. The lowest BCUT2D eigenvalue weighted by Crippen LogP contribution is -2.00. The van der Waals surface area contributed by atoms with Gasteiger partial charge in [-0.05, 0) is 12.5 Å². The Balaban J connectivity index is 2.57. The highest BCUT2D eigenvalue weighted by Crippen LogP contribution is 2.13. The number of Topliss-reactive ketones (excluding diaryl/α,β-unsaturated/α-hetero) is 1. The van der Waals surface area contributed by atoms with E-state index in [1.807, 2.05) is 0 Å². The highest BCUT2D eigenvalue weighted by molar-refractivity contribution is 5.96. The molecule has 3 heteroatoms. The van der Waals surface area contributed by atoms with Gasteiger partial charge in [0.2, 0.25) is 0 Å². The van der Waals surface area contributed by atoms with Gasteiger partial charge in [-0.15, -0.1) is 0 Å². The molecule has 82 valence electrons. The van der Waals surface area contributed by atoms with Gasteiger partial charge in [-0.1, -0.05) is 19.8 Å². The van der Waals surface area contributed by atoms with Crippen molar-refractivity contribution in [3.05, 3.63) is 24.0 Å². The highest BCUT2D eigenvalue weighted by atomic mass is 16.5. The van der Waals surface area contributed by atoms with E-state index < -0.39 is 0 Å². The van der Waals surface area contributed by atoms with E-state index in [9.17, 15) is 4.79 Å². The predicted octanol–water partition coefficient (Wildman–Crippen LogP) is 2.85. The maximum atomic E-state index is 11.7. The summed E-state index contributed by atoms with van der Waals surface area (Å²) in [5.41, 5.74) is 0.644. The molecule has 0 aromatic carbocycles. The topological polar surface area (TPSA) is 39.2 Å². The van der Waals surface area contributed by atoms with E-state index in [0.717, 1.165) is 19.3 Å². The average molecular weight is 207 g/mol. The van der Waals surface area contributed by atoms with E-state index in [1.54, 1.807) is 25.6 Å². The van der Waals surface area contributed by atoms with Gasteiger partial charge in [-0.2, -0.15) is 0 Å². The summed E-state index contributed by atoms with van der Waals surface area (Å²) in [6.07, 6.45) is 6.97. The SMILES string of the molecule is CCCCCC(=O)c1cncc(OC)c1. The molecule has 1 aromatic rings. The third-order valence-electron chi connectivity index (χ3n) is 2.28. The number of unbranched alkanes of at least 4 members (excludes halogenated alkanes) is 2. The minimum absolute atomic E-state index is 0.148. The second-order valence-electron chi connectivity index (χ2n) is 3.49. The molecule has 1 aromatic heterocycles. The summed E-state index contributed by atoms with van der Waals surface area (Å²) >= 11 is 0. The Morgan fingerprint density at radius 1 is 1.40 bits per heavy atom. The van der Waals surface area contributed by atoms with E-state index in [0.29, 0.717) is 17.7 Å². The van der Waals surface area contributed by atoms with Crippen molar-refractivity contribution in [3.8, 4) is 5.75 Å². The van der Waals surface area contributed by atoms with Crippen LogP contribution in [-0.2, 0) is 0 Å². The standard InChI is InChI=1S/C12H17NO2/c1-3-4-5-6-12(14)10-7-11(15-2)9-13-8-10/h7-9H,3-6H2,1-2H3. The molecular formula is C12H17NO2. The van der Waals surface area contributed by atoms with Crippen molar-refractivity contribution in [2.75, 3.05) is 7.11 Å². The molecule has 0 fully saturated rings. The Labute approximate surface area is 90.5 Å². The molecule has 0 saturated heterocycles. The van der Waals surface area contributed by atoms with Crippen LogP contribution < -0.4 is 4.74 Å². The van der Waals surface area contributed by atoms with E-state index in [-0.39, 0.29) is 5.78 Å². The van der Waals surface area contributed by atoms with Gasteiger partial charge in [0.15, 0.2) is 5.78 Å². The van der Waals surface area contributed by atoms with Gasteiger partial charge in [-0.25, -0.2) is 0 Å². The van der Waals surface area contributed by atoms with Crippen LogP contribution in [0.15, 0.2) is 18.5 Å². The summed E-state index contributed by atoms with van der Waals surface area (Å²) in [5.74, 6) is 0.784. The Morgan fingerprint density at radius 2 is 2.20 bits per heavy atom. The maximum Gasteiger partial charge on any atom is 0.164 e. The number of carbonyl (C=O) groups is 1. The molecule has 0 saturated carbocycles. The summed E-state index contributed by atoms with van der Waals surface area (Å²) in [4.78, 5) is 15.7. The summed E-state index contributed by atoms with van der Waals surface area (Å²) in [7, 11) is 1.57. The summed E-state index contributed by atoms with van der Waals surface area (Å²) in [5, 5.41) is 0. The molecule has 0 aliphatic heterocycles. The number of ether oxygens (including phenoxy) is 1. The lowest BCUT2D eigenvalue weighted by Gasteiger charge is -2.02. The molecule has 15 heavy (non-hydrogen) atoms. The van der Waals surface area contributed by atoms with Crippen LogP contribution in [0.4, 0.5) is 0 Å². The summed E-state index contributed by atoms with van der Waals surface area (Å²) < 4.78 is 5.02. The molecular weight excluding hydrogens is 190 g/mol. The zero-order chi connectivity index (χ0) is 11.1. The van der Waals surface area contributed by atoms with E-state index in [4.69, 9.17) is 4.74 Å². The van der Waals surface area contributed by atoms with Crippen molar-refractivity contribution >= 4 is 5.78 Å². The summed E-state index contributed by atoms with van der Waals surface area (Å²) in [6, 6.07) is 1.74. The fourth-order valence-corrected chi connectivity index (χ4v) is 1.36. The smallest absolute Gasteiger partial charge is 0.164 e. The molecule has 0 bridgehead atoms. The number of methoxy groups -OCH3 is 1. The Bertz CT molecular complexity index is 323. The zero-order valence-corrected chi connectivity index (χ0v) is 9.32. The molecule has 1 rings (SSSR count). The first kappa shape index (κ1) is 11.7. The van der Waals surface area contributed by atoms with Gasteiger partial charge in [0, 0.05) is 18.2 Å². The van der Waals surface area contributed by atoms with E-state index >= 15 is 0 Å². The van der Waals surface area contributed by atoms with Crippen LogP contribution in [0.25, 0.3) is 0 Å². The van der Waals surface area contributed by atoms with Crippen molar-refractivity contribution in [2.24, 2.45) is 0 Å². The minimum atomic E-state index is 0.148. The van der Waals surface area contributed by atoms with E-state index in [1.165, 1.54) is 0 Å².